The molecule has 1 aliphatic rings. The van der Waals surface area contributed by atoms with Gasteiger partial charge in [-0.3, -0.25) is 0 Å². The lowest BCUT2D eigenvalue weighted by Gasteiger charge is -2.35. The molecule has 1 fully saturated rings. The van der Waals surface area contributed by atoms with E-state index in [4.69, 9.17) is 0 Å². The normalized spacial score (nSPS) is 27.6. The van der Waals surface area contributed by atoms with Crippen molar-refractivity contribution in [1.82, 2.24) is 5.32 Å². The summed E-state index contributed by atoms with van der Waals surface area (Å²) >= 11 is 0. The first kappa shape index (κ1) is 18.0. The molecule has 0 aromatic rings. The highest BCUT2D eigenvalue weighted by molar-refractivity contribution is 7.91. The second-order valence-electron chi connectivity index (χ2n) is 6.58. The lowest BCUT2D eigenvalue weighted by Crippen LogP contribution is -2.34. The zero-order chi connectivity index (χ0) is 15.0. The van der Waals surface area contributed by atoms with Gasteiger partial charge in [-0.15, -0.1) is 0 Å². The molecule has 1 saturated carbocycles. The Labute approximate surface area is 125 Å². The molecule has 0 bridgehead atoms. The monoisotopic (exact) mass is 303 g/mol. The molecular formula is C16H33NO2S. The third kappa shape index (κ3) is 6.57. The van der Waals surface area contributed by atoms with Crippen LogP contribution in [0.4, 0.5) is 0 Å². The number of sulfone groups is 1. The van der Waals surface area contributed by atoms with Crippen LogP contribution >= 0.6 is 0 Å². The van der Waals surface area contributed by atoms with E-state index in [-0.39, 0.29) is 0 Å². The van der Waals surface area contributed by atoms with Gasteiger partial charge in [-0.1, -0.05) is 27.2 Å². The van der Waals surface area contributed by atoms with Gasteiger partial charge in [-0.2, -0.15) is 0 Å². The van der Waals surface area contributed by atoms with Crippen molar-refractivity contribution >= 4 is 9.84 Å². The van der Waals surface area contributed by atoms with Gasteiger partial charge >= 0.3 is 0 Å². The molecule has 0 aromatic heterocycles. The van der Waals surface area contributed by atoms with Crippen LogP contribution in [0, 0.1) is 17.8 Å². The molecule has 0 spiro atoms. The third-order valence-corrected chi connectivity index (χ3v) is 6.44. The number of nitrogens with one attached hydrogen (secondary N) is 1. The molecule has 1 aliphatic carbocycles. The van der Waals surface area contributed by atoms with E-state index in [0.29, 0.717) is 23.3 Å². The molecule has 3 nitrogen and oxygen atoms in total. The molecule has 1 rings (SSSR count). The summed E-state index contributed by atoms with van der Waals surface area (Å²) in [6.45, 7) is 8.58. The Bertz CT molecular complexity index is 353. The van der Waals surface area contributed by atoms with Crippen LogP contribution in [-0.4, -0.2) is 33.0 Å². The molecule has 0 radical (unpaired) electrons. The average Bonchev–Trinajstić information content (AvgIpc) is 2.39. The first-order valence-corrected chi connectivity index (χ1v) is 10.2. The molecule has 4 heteroatoms. The van der Waals surface area contributed by atoms with Crippen LogP contribution in [0.2, 0.25) is 0 Å². The number of rotatable bonds is 9. The summed E-state index contributed by atoms with van der Waals surface area (Å²) in [5.74, 6) is 2.77. The van der Waals surface area contributed by atoms with E-state index in [2.05, 4.69) is 19.2 Å². The topological polar surface area (TPSA) is 46.2 Å². The molecule has 20 heavy (non-hydrogen) atoms. The molecule has 120 valence electrons. The summed E-state index contributed by atoms with van der Waals surface area (Å²) in [5, 5.41) is 3.52. The van der Waals surface area contributed by atoms with Crippen molar-refractivity contribution < 1.29 is 8.42 Å². The van der Waals surface area contributed by atoms with E-state index in [1.54, 1.807) is 0 Å². The molecule has 0 heterocycles. The molecule has 1 N–H and O–H groups in total. The minimum Gasteiger partial charge on any atom is -0.316 e. The molecule has 3 atom stereocenters. The van der Waals surface area contributed by atoms with Gasteiger partial charge in [0.15, 0.2) is 0 Å². The van der Waals surface area contributed by atoms with Crippen LogP contribution in [0.5, 0.6) is 0 Å². The second-order valence-corrected chi connectivity index (χ2v) is 8.89. The highest BCUT2D eigenvalue weighted by Gasteiger charge is 2.29. The molecule has 0 aromatic carbocycles. The second kappa shape index (κ2) is 9.04. The molecule has 0 amide bonds. The molecule has 0 aliphatic heterocycles. The van der Waals surface area contributed by atoms with Gasteiger partial charge < -0.3 is 5.32 Å². The number of hydrogen-bond donors (Lipinski definition) is 1. The van der Waals surface area contributed by atoms with Crippen molar-refractivity contribution in [3.05, 3.63) is 0 Å². The molecule has 0 saturated heterocycles. The fourth-order valence-corrected chi connectivity index (χ4v) is 4.88. The predicted molar refractivity (Wildman–Crippen MR) is 86.7 cm³/mol. The minimum atomic E-state index is -2.82. The Morgan fingerprint density at radius 1 is 1.05 bits per heavy atom. The smallest absolute Gasteiger partial charge is 0.150 e. The van der Waals surface area contributed by atoms with E-state index < -0.39 is 9.84 Å². The summed E-state index contributed by atoms with van der Waals surface area (Å²) in [6, 6.07) is 0. The van der Waals surface area contributed by atoms with Crippen LogP contribution in [0.3, 0.4) is 0 Å². The fourth-order valence-electron chi connectivity index (χ4n) is 3.39. The van der Waals surface area contributed by atoms with Crippen molar-refractivity contribution in [2.45, 2.75) is 59.3 Å². The predicted octanol–water partition coefficient (Wildman–Crippen LogP) is 3.25. The van der Waals surface area contributed by atoms with E-state index >= 15 is 0 Å². The first-order chi connectivity index (χ1) is 9.48. The van der Waals surface area contributed by atoms with Crippen molar-refractivity contribution in [3.63, 3.8) is 0 Å². The van der Waals surface area contributed by atoms with E-state index in [1.165, 1.54) is 25.7 Å². The quantitative estimate of drug-likeness (QED) is 0.665. The van der Waals surface area contributed by atoms with Gasteiger partial charge in [-0.05, 0) is 62.9 Å². The van der Waals surface area contributed by atoms with E-state index in [9.17, 15) is 8.42 Å². The summed E-state index contributed by atoms with van der Waals surface area (Å²) in [5.41, 5.74) is 0. The SMILES string of the molecule is CCCNCC1CCC(C)CC1CCS(=O)(=O)CCC. The van der Waals surface area contributed by atoms with E-state index in [0.717, 1.165) is 31.8 Å². The van der Waals surface area contributed by atoms with Gasteiger partial charge in [0.1, 0.15) is 9.84 Å². The maximum atomic E-state index is 11.9. The maximum absolute atomic E-state index is 11.9. The van der Waals surface area contributed by atoms with Crippen LogP contribution in [0.25, 0.3) is 0 Å². The third-order valence-electron chi connectivity index (χ3n) is 4.55. The van der Waals surface area contributed by atoms with Crippen LogP contribution < -0.4 is 5.32 Å². The van der Waals surface area contributed by atoms with Gasteiger partial charge in [0.25, 0.3) is 0 Å². The minimum absolute atomic E-state index is 0.355. The first-order valence-electron chi connectivity index (χ1n) is 8.39. The van der Waals surface area contributed by atoms with Gasteiger partial charge in [0, 0.05) is 5.75 Å². The molecule has 3 unspecified atom stereocenters. The fraction of sp³-hybridized carbons (Fsp3) is 1.00. The highest BCUT2D eigenvalue weighted by atomic mass is 32.2. The largest absolute Gasteiger partial charge is 0.316 e. The molecular weight excluding hydrogens is 270 g/mol. The van der Waals surface area contributed by atoms with Crippen LogP contribution in [0.1, 0.15) is 59.3 Å². The summed E-state index contributed by atoms with van der Waals surface area (Å²) in [7, 11) is -2.82. The van der Waals surface area contributed by atoms with Gasteiger partial charge in [0.05, 0.1) is 5.75 Å². The Morgan fingerprint density at radius 3 is 2.45 bits per heavy atom. The Hall–Kier alpha value is -0.0900. The zero-order valence-corrected chi connectivity index (χ0v) is 14.3. The lowest BCUT2D eigenvalue weighted by molar-refractivity contribution is 0.180. The summed E-state index contributed by atoms with van der Waals surface area (Å²) in [6.07, 6.45) is 6.54. The average molecular weight is 304 g/mol. The van der Waals surface area contributed by atoms with Crippen molar-refractivity contribution in [1.29, 1.82) is 0 Å². The van der Waals surface area contributed by atoms with Crippen LogP contribution in [0.15, 0.2) is 0 Å². The van der Waals surface area contributed by atoms with Crippen molar-refractivity contribution in [2.24, 2.45) is 17.8 Å². The summed E-state index contributed by atoms with van der Waals surface area (Å²) < 4.78 is 23.8. The Kier molecular flexibility index (Phi) is 8.11. The Balaban J connectivity index is 2.48. The van der Waals surface area contributed by atoms with Crippen LogP contribution in [-0.2, 0) is 9.84 Å². The van der Waals surface area contributed by atoms with Gasteiger partial charge in [0.2, 0.25) is 0 Å². The lowest BCUT2D eigenvalue weighted by atomic mass is 9.73. The number of hydrogen-bond acceptors (Lipinski definition) is 3. The maximum Gasteiger partial charge on any atom is 0.150 e. The van der Waals surface area contributed by atoms with Gasteiger partial charge in [-0.25, -0.2) is 8.42 Å². The Morgan fingerprint density at radius 2 is 1.80 bits per heavy atom. The van der Waals surface area contributed by atoms with Crippen molar-refractivity contribution in [3.8, 4) is 0 Å². The summed E-state index contributed by atoms with van der Waals surface area (Å²) in [4.78, 5) is 0. The zero-order valence-electron chi connectivity index (χ0n) is 13.5. The highest BCUT2D eigenvalue weighted by Crippen LogP contribution is 2.35. The standard InChI is InChI=1S/C16H33NO2S/c1-4-9-17-13-16-7-6-14(3)12-15(16)8-11-20(18,19)10-5-2/h14-17H,4-13H2,1-3H3. The van der Waals surface area contributed by atoms with Crippen molar-refractivity contribution in [2.75, 3.05) is 24.6 Å². The van der Waals surface area contributed by atoms with E-state index in [1.807, 2.05) is 6.92 Å².